The third-order valence-corrected chi connectivity index (χ3v) is 10.8. The summed E-state index contributed by atoms with van der Waals surface area (Å²) < 4.78 is 0. The van der Waals surface area contributed by atoms with Crippen molar-refractivity contribution in [3.63, 3.8) is 0 Å². The summed E-state index contributed by atoms with van der Waals surface area (Å²) in [7, 11) is 0. The first kappa shape index (κ1) is 38.1. The summed E-state index contributed by atoms with van der Waals surface area (Å²) in [5, 5.41) is 8.62. The van der Waals surface area contributed by atoms with E-state index in [1.54, 1.807) is 4.90 Å². The van der Waals surface area contributed by atoms with Crippen molar-refractivity contribution >= 4 is 35.2 Å². The van der Waals surface area contributed by atoms with Crippen LogP contribution in [0.25, 0.3) is 0 Å². The Hall–Kier alpha value is -3.70. The third-order valence-electron chi connectivity index (χ3n) is 10.8. The predicted octanol–water partition coefficient (Wildman–Crippen LogP) is 3.78. The number of carbonyl (C=O) groups is 6. The normalized spacial score (nSPS) is 23.2. The SMILES string of the molecule is CCC[C@H](CC(=O)[C@@H]1[C@H]2CCC[C@H]2CN1C(=O)[C@@H](NC(=O)[C@@H](NC(=O)c1cnccn1)C1CCCC1)C(C)(C)C)C(=O)C(=O)N[C@@H](C)CC. The molecule has 0 bridgehead atoms. The first-order chi connectivity index (χ1) is 23.3. The van der Waals surface area contributed by atoms with Crippen LogP contribution in [0.4, 0.5) is 0 Å². The van der Waals surface area contributed by atoms with Gasteiger partial charge < -0.3 is 20.9 Å². The Balaban J connectivity index is 1.56. The molecule has 3 fully saturated rings. The van der Waals surface area contributed by atoms with E-state index in [2.05, 4.69) is 25.9 Å². The van der Waals surface area contributed by atoms with Gasteiger partial charge in [-0.05, 0) is 68.6 Å². The smallest absolute Gasteiger partial charge is 0.287 e. The maximum absolute atomic E-state index is 14.6. The fourth-order valence-electron chi connectivity index (χ4n) is 7.93. The first-order valence-electron chi connectivity index (χ1n) is 18.3. The lowest BCUT2D eigenvalue weighted by atomic mass is 9.83. The number of aromatic nitrogens is 2. The van der Waals surface area contributed by atoms with Crippen LogP contribution in [0.15, 0.2) is 18.6 Å². The molecule has 3 aliphatic rings. The Bertz CT molecular complexity index is 1360. The molecule has 0 aromatic carbocycles. The minimum absolute atomic E-state index is 0.0309. The first-order valence-corrected chi connectivity index (χ1v) is 18.3. The van der Waals surface area contributed by atoms with E-state index in [1.807, 2.05) is 41.5 Å². The van der Waals surface area contributed by atoms with Crippen molar-refractivity contribution in [1.29, 1.82) is 0 Å². The number of fused-ring (bicyclic) bond motifs is 1. The number of likely N-dealkylation sites (tertiary alicyclic amines) is 1. The molecule has 49 heavy (non-hydrogen) atoms. The zero-order valence-electron chi connectivity index (χ0n) is 30.1. The van der Waals surface area contributed by atoms with Crippen molar-refractivity contribution in [2.75, 3.05) is 6.54 Å². The lowest BCUT2D eigenvalue weighted by Crippen LogP contribution is -2.61. The number of nitrogens with one attached hydrogen (secondary N) is 3. The summed E-state index contributed by atoms with van der Waals surface area (Å²) >= 11 is 0. The van der Waals surface area contributed by atoms with Crippen LogP contribution in [0.2, 0.25) is 0 Å². The number of hydrogen-bond acceptors (Lipinski definition) is 8. The zero-order valence-corrected chi connectivity index (χ0v) is 30.1. The van der Waals surface area contributed by atoms with Crippen molar-refractivity contribution in [2.24, 2.45) is 29.1 Å². The van der Waals surface area contributed by atoms with Gasteiger partial charge in [-0.25, -0.2) is 4.98 Å². The van der Waals surface area contributed by atoms with Crippen molar-refractivity contribution < 1.29 is 28.8 Å². The molecule has 12 heteroatoms. The number of rotatable bonds is 15. The van der Waals surface area contributed by atoms with Gasteiger partial charge >= 0.3 is 0 Å². The van der Waals surface area contributed by atoms with Gasteiger partial charge in [-0.3, -0.25) is 33.8 Å². The van der Waals surface area contributed by atoms with Gasteiger partial charge in [-0.1, -0.05) is 60.3 Å². The number of hydrogen-bond donors (Lipinski definition) is 3. The van der Waals surface area contributed by atoms with Crippen molar-refractivity contribution in [3.8, 4) is 0 Å². The molecule has 12 nitrogen and oxygen atoms in total. The maximum Gasteiger partial charge on any atom is 0.287 e. The standard InChI is InChI=1S/C37H56N6O6/c1-7-12-24(31(45)35(48)40-22(3)8-2)19-28(44)30-26-16-11-15-25(26)21-43(30)36(49)32(37(4,5)6)42-34(47)29(23-13-9-10-14-23)41-33(46)27-20-38-17-18-39-27/h17-18,20,22-26,29-30,32H,7-16,19,21H2,1-6H3,(H,40,48)(H,41,46)(H,42,47)/t22-,24+,25-,26-,29-,30-,32+/m0/s1. The number of ketones is 2. The second kappa shape index (κ2) is 16.8. The average molecular weight is 681 g/mol. The highest BCUT2D eigenvalue weighted by molar-refractivity contribution is 6.37. The molecule has 270 valence electrons. The highest BCUT2D eigenvalue weighted by Crippen LogP contribution is 2.44. The zero-order chi connectivity index (χ0) is 35.9. The molecule has 2 saturated carbocycles. The summed E-state index contributed by atoms with van der Waals surface area (Å²) in [6, 6.07) is -2.73. The maximum atomic E-state index is 14.6. The fourth-order valence-corrected chi connectivity index (χ4v) is 7.93. The molecule has 1 saturated heterocycles. The Morgan fingerprint density at radius 3 is 2.27 bits per heavy atom. The summed E-state index contributed by atoms with van der Waals surface area (Å²) in [5.41, 5.74) is -0.619. The topological polar surface area (TPSA) is 168 Å². The minimum atomic E-state index is -0.971. The Kier molecular flexibility index (Phi) is 13.1. The van der Waals surface area contributed by atoms with Crippen LogP contribution < -0.4 is 16.0 Å². The van der Waals surface area contributed by atoms with E-state index in [-0.39, 0.29) is 47.6 Å². The van der Waals surface area contributed by atoms with Crippen LogP contribution in [0.3, 0.4) is 0 Å². The summed E-state index contributed by atoms with van der Waals surface area (Å²) in [6.07, 6.45) is 11.9. The molecule has 0 radical (unpaired) electrons. The summed E-state index contributed by atoms with van der Waals surface area (Å²) in [6.45, 7) is 11.7. The molecule has 4 amide bonds. The Morgan fingerprint density at radius 2 is 1.65 bits per heavy atom. The van der Waals surface area contributed by atoms with E-state index in [1.165, 1.54) is 18.6 Å². The van der Waals surface area contributed by atoms with Gasteiger partial charge in [-0.15, -0.1) is 0 Å². The van der Waals surface area contributed by atoms with Crippen LogP contribution in [0, 0.1) is 29.1 Å². The number of Topliss-reactive ketones (excluding diaryl/α,β-unsaturated/α-hetero) is 2. The van der Waals surface area contributed by atoms with Crippen molar-refractivity contribution in [3.05, 3.63) is 24.3 Å². The van der Waals surface area contributed by atoms with E-state index < -0.39 is 53.0 Å². The molecule has 3 N–H and O–H groups in total. The highest BCUT2D eigenvalue weighted by atomic mass is 16.2. The van der Waals surface area contributed by atoms with Crippen LogP contribution in [0.1, 0.15) is 123 Å². The van der Waals surface area contributed by atoms with Gasteiger partial charge in [-0.2, -0.15) is 0 Å². The van der Waals surface area contributed by atoms with Gasteiger partial charge in [0, 0.05) is 37.3 Å². The van der Waals surface area contributed by atoms with Gasteiger partial charge in [0.1, 0.15) is 17.8 Å². The minimum Gasteiger partial charge on any atom is -0.347 e. The largest absolute Gasteiger partial charge is 0.347 e. The Morgan fingerprint density at radius 1 is 0.939 bits per heavy atom. The van der Waals surface area contributed by atoms with Crippen LogP contribution in [0.5, 0.6) is 0 Å². The molecule has 4 rings (SSSR count). The van der Waals surface area contributed by atoms with E-state index in [0.717, 1.165) is 44.9 Å². The van der Waals surface area contributed by atoms with Crippen LogP contribution >= 0.6 is 0 Å². The highest BCUT2D eigenvalue weighted by Gasteiger charge is 2.52. The van der Waals surface area contributed by atoms with Crippen LogP contribution in [-0.2, 0) is 24.0 Å². The third kappa shape index (κ3) is 9.30. The molecular weight excluding hydrogens is 624 g/mol. The van der Waals surface area contributed by atoms with E-state index in [4.69, 9.17) is 0 Å². The molecule has 0 spiro atoms. The van der Waals surface area contributed by atoms with Crippen LogP contribution in [-0.4, -0.2) is 80.8 Å². The molecule has 0 unspecified atom stereocenters. The van der Waals surface area contributed by atoms with Gasteiger partial charge in [0.05, 0.1) is 12.2 Å². The lowest BCUT2D eigenvalue weighted by Gasteiger charge is -2.37. The molecule has 1 aliphatic heterocycles. The second-order valence-corrected chi connectivity index (χ2v) is 15.5. The van der Waals surface area contributed by atoms with Crippen molar-refractivity contribution in [1.82, 2.24) is 30.8 Å². The fraction of sp³-hybridized carbons (Fsp3) is 0.730. The van der Waals surface area contributed by atoms with Gasteiger partial charge in [0.15, 0.2) is 5.78 Å². The lowest BCUT2D eigenvalue weighted by molar-refractivity contribution is -0.146. The summed E-state index contributed by atoms with van der Waals surface area (Å²) in [5.74, 6) is -3.49. The molecule has 7 atom stereocenters. The monoisotopic (exact) mass is 680 g/mol. The predicted molar refractivity (Wildman–Crippen MR) is 184 cm³/mol. The second-order valence-electron chi connectivity index (χ2n) is 15.5. The van der Waals surface area contributed by atoms with Gasteiger partial charge in [0.25, 0.3) is 11.8 Å². The molecule has 1 aromatic heterocycles. The molecule has 2 heterocycles. The number of amides is 4. The summed E-state index contributed by atoms with van der Waals surface area (Å²) in [4.78, 5) is 91.7. The molecular formula is C37H56N6O6. The van der Waals surface area contributed by atoms with E-state index >= 15 is 0 Å². The number of nitrogens with zero attached hydrogens (tertiary/aromatic N) is 3. The number of carbonyl (C=O) groups excluding carboxylic acids is 6. The van der Waals surface area contributed by atoms with E-state index in [0.29, 0.717) is 25.8 Å². The molecule has 2 aliphatic carbocycles. The Labute approximate surface area is 290 Å². The quantitative estimate of drug-likeness (QED) is 0.235. The van der Waals surface area contributed by atoms with Gasteiger partial charge in [0.2, 0.25) is 17.6 Å². The van der Waals surface area contributed by atoms with Crippen molar-refractivity contribution in [2.45, 2.75) is 136 Å². The molecule has 1 aromatic rings. The average Bonchev–Trinajstić information content (AvgIpc) is 3.83. The van der Waals surface area contributed by atoms with E-state index in [9.17, 15) is 28.8 Å².